The number of carbonyl (C=O) groups is 3. The molecule has 0 aromatic heterocycles. The summed E-state index contributed by atoms with van der Waals surface area (Å²) >= 11 is 0. The molecule has 1 aliphatic heterocycles. The maximum Gasteiger partial charge on any atom is 0.257 e. The summed E-state index contributed by atoms with van der Waals surface area (Å²) in [6, 6.07) is 13.5. The van der Waals surface area contributed by atoms with Gasteiger partial charge >= 0.3 is 0 Å². The van der Waals surface area contributed by atoms with Crippen molar-refractivity contribution in [2.45, 2.75) is 32.2 Å². The van der Waals surface area contributed by atoms with Gasteiger partial charge in [0, 0.05) is 13.0 Å². The fraction of sp³-hybridized carbons (Fsp3) is 0.348. The third kappa shape index (κ3) is 4.45. The molecule has 158 valence electrons. The van der Waals surface area contributed by atoms with Crippen molar-refractivity contribution < 1.29 is 23.9 Å². The first-order valence-electron chi connectivity index (χ1n) is 9.91. The van der Waals surface area contributed by atoms with Gasteiger partial charge in [-0.15, -0.1) is 0 Å². The fourth-order valence-corrected chi connectivity index (χ4v) is 3.56. The van der Waals surface area contributed by atoms with Crippen LogP contribution in [0.4, 0.5) is 5.69 Å². The van der Waals surface area contributed by atoms with Crippen LogP contribution in [0, 0.1) is 0 Å². The molecule has 7 heteroatoms. The van der Waals surface area contributed by atoms with E-state index >= 15 is 0 Å². The zero-order valence-corrected chi connectivity index (χ0v) is 17.5. The van der Waals surface area contributed by atoms with E-state index in [4.69, 9.17) is 9.47 Å². The standard InChI is InChI=1S/C23H26N2O5/c1-4-21(26)24(14-13-16-5-9-18(29-2)10-6-16)20-15-22(27)25(23(20)28)17-7-11-19(30-3)12-8-17/h5-12,20H,4,13-15H2,1-3H3/t20-/m1/s1. The van der Waals surface area contributed by atoms with Crippen LogP contribution in [0.1, 0.15) is 25.3 Å². The Hall–Kier alpha value is -3.35. The highest BCUT2D eigenvalue weighted by Crippen LogP contribution is 2.28. The highest BCUT2D eigenvalue weighted by Gasteiger charge is 2.43. The number of hydrogen-bond acceptors (Lipinski definition) is 5. The summed E-state index contributed by atoms with van der Waals surface area (Å²) in [6.07, 6.45) is 0.832. The van der Waals surface area contributed by atoms with Crippen molar-refractivity contribution in [1.29, 1.82) is 0 Å². The molecule has 0 unspecified atom stereocenters. The van der Waals surface area contributed by atoms with Crippen molar-refractivity contribution in [3.8, 4) is 11.5 Å². The lowest BCUT2D eigenvalue weighted by Gasteiger charge is -2.27. The third-order valence-corrected chi connectivity index (χ3v) is 5.25. The van der Waals surface area contributed by atoms with Gasteiger partial charge in [-0.1, -0.05) is 19.1 Å². The summed E-state index contributed by atoms with van der Waals surface area (Å²) in [4.78, 5) is 41.0. The van der Waals surface area contributed by atoms with Gasteiger partial charge in [0.1, 0.15) is 17.5 Å². The predicted molar refractivity (Wildman–Crippen MR) is 113 cm³/mol. The van der Waals surface area contributed by atoms with Crippen LogP contribution in [0.3, 0.4) is 0 Å². The number of amides is 3. The zero-order chi connectivity index (χ0) is 21.7. The number of ether oxygens (including phenoxy) is 2. The second-order valence-corrected chi connectivity index (χ2v) is 7.02. The van der Waals surface area contributed by atoms with Crippen molar-refractivity contribution in [2.24, 2.45) is 0 Å². The maximum absolute atomic E-state index is 13.1. The van der Waals surface area contributed by atoms with E-state index in [9.17, 15) is 14.4 Å². The van der Waals surface area contributed by atoms with Crippen LogP contribution in [0.25, 0.3) is 0 Å². The molecule has 1 aliphatic rings. The fourth-order valence-electron chi connectivity index (χ4n) is 3.56. The number of nitrogens with zero attached hydrogens (tertiary/aromatic N) is 2. The molecular formula is C23H26N2O5. The molecule has 3 rings (SSSR count). The maximum atomic E-state index is 13.1. The Labute approximate surface area is 176 Å². The van der Waals surface area contributed by atoms with E-state index < -0.39 is 6.04 Å². The van der Waals surface area contributed by atoms with Crippen molar-refractivity contribution in [3.63, 3.8) is 0 Å². The minimum absolute atomic E-state index is 0.0147. The molecule has 2 aromatic rings. The van der Waals surface area contributed by atoms with Crippen LogP contribution in [0.2, 0.25) is 0 Å². The molecule has 7 nitrogen and oxygen atoms in total. The third-order valence-electron chi connectivity index (χ3n) is 5.25. The van der Waals surface area contributed by atoms with Crippen molar-refractivity contribution >= 4 is 23.4 Å². The van der Waals surface area contributed by atoms with E-state index in [0.717, 1.165) is 16.2 Å². The molecule has 0 radical (unpaired) electrons. The second kappa shape index (κ2) is 9.43. The quantitative estimate of drug-likeness (QED) is 0.626. The molecule has 1 saturated heterocycles. The van der Waals surface area contributed by atoms with E-state index in [0.29, 0.717) is 24.4 Å². The van der Waals surface area contributed by atoms with Crippen molar-refractivity contribution in [1.82, 2.24) is 4.90 Å². The van der Waals surface area contributed by atoms with Gasteiger partial charge in [-0.05, 0) is 48.4 Å². The zero-order valence-electron chi connectivity index (χ0n) is 17.5. The molecular weight excluding hydrogens is 384 g/mol. The van der Waals surface area contributed by atoms with Gasteiger partial charge in [0.15, 0.2) is 0 Å². The summed E-state index contributed by atoms with van der Waals surface area (Å²) in [6.45, 7) is 2.12. The monoisotopic (exact) mass is 410 g/mol. The van der Waals surface area contributed by atoms with Gasteiger partial charge in [0.2, 0.25) is 11.8 Å². The molecule has 0 aliphatic carbocycles. The molecule has 1 atom stereocenters. The van der Waals surface area contributed by atoms with Gasteiger partial charge in [-0.2, -0.15) is 0 Å². The molecule has 0 saturated carbocycles. The van der Waals surface area contributed by atoms with Gasteiger partial charge in [-0.3, -0.25) is 14.4 Å². The Morgan fingerprint density at radius 2 is 1.57 bits per heavy atom. The molecule has 0 N–H and O–H groups in total. The highest BCUT2D eigenvalue weighted by molar-refractivity contribution is 6.23. The van der Waals surface area contributed by atoms with Crippen LogP contribution >= 0.6 is 0 Å². The summed E-state index contributed by atoms with van der Waals surface area (Å²) in [5.41, 5.74) is 1.50. The SMILES string of the molecule is CCC(=O)N(CCc1ccc(OC)cc1)[C@@H]1CC(=O)N(c2ccc(OC)cc2)C1=O. The van der Waals surface area contributed by atoms with Crippen LogP contribution in [0.5, 0.6) is 11.5 Å². The number of imide groups is 1. The van der Waals surface area contributed by atoms with E-state index in [-0.39, 0.29) is 30.6 Å². The van der Waals surface area contributed by atoms with Gasteiger partial charge in [0.05, 0.1) is 26.3 Å². The van der Waals surface area contributed by atoms with E-state index in [2.05, 4.69) is 0 Å². The number of benzene rings is 2. The Morgan fingerprint density at radius 3 is 2.10 bits per heavy atom. The average Bonchev–Trinajstić information content (AvgIpc) is 3.07. The summed E-state index contributed by atoms with van der Waals surface area (Å²) in [5.74, 6) is 0.560. The minimum Gasteiger partial charge on any atom is -0.497 e. The van der Waals surface area contributed by atoms with Crippen LogP contribution in [-0.2, 0) is 20.8 Å². The largest absolute Gasteiger partial charge is 0.497 e. The number of rotatable bonds is 8. The van der Waals surface area contributed by atoms with Gasteiger partial charge in [-0.25, -0.2) is 4.90 Å². The summed E-state index contributed by atoms with van der Waals surface area (Å²) < 4.78 is 10.3. The first-order chi connectivity index (χ1) is 14.5. The number of hydrogen-bond donors (Lipinski definition) is 0. The molecule has 1 heterocycles. The molecule has 30 heavy (non-hydrogen) atoms. The van der Waals surface area contributed by atoms with Crippen LogP contribution in [0.15, 0.2) is 48.5 Å². The van der Waals surface area contributed by atoms with Gasteiger partial charge < -0.3 is 14.4 Å². The molecule has 0 bridgehead atoms. The van der Waals surface area contributed by atoms with Crippen molar-refractivity contribution in [3.05, 3.63) is 54.1 Å². The first-order valence-corrected chi connectivity index (χ1v) is 9.91. The molecule has 2 aromatic carbocycles. The molecule has 3 amide bonds. The van der Waals surface area contributed by atoms with E-state index in [1.54, 1.807) is 45.4 Å². The second-order valence-electron chi connectivity index (χ2n) is 7.02. The minimum atomic E-state index is -0.787. The predicted octanol–water partition coefficient (Wildman–Crippen LogP) is 2.82. The Kier molecular flexibility index (Phi) is 6.72. The van der Waals surface area contributed by atoms with Gasteiger partial charge in [0.25, 0.3) is 5.91 Å². The smallest absolute Gasteiger partial charge is 0.257 e. The van der Waals surface area contributed by atoms with E-state index in [1.165, 1.54) is 4.90 Å². The lowest BCUT2D eigenvalue weighted by atomic mass is 10.1. The Morgan fingerprint density at radius 1 is 1.00 bits per heavy atom. The molecule has 0 spiro atoms. The van der Waals surface area contributed by atoms with Crippen molar-refractivity contribution in [2.75, 3.05) is 25.7 Å². The lowest BCUT2D eigenvalue weighted by molar-refractivity contribution is -0.138. The summed E-state index contributed by atoms with van der Waals surface area (Å²) in [7, 11) is 3.15. The van der Waals surface area contributed by atoms with Crippen LogP contribution in [-0.4, -0.2) is 49.4 Å². The highest BCUT2D eigenvalue weighted by atomic mass is 16.5. The average molecular weight is 410 g/mol. The topological polar surface area (TPSA) is 76.2 Å². The Balaban J connectivity index is 1.77. The number of methoxy groups -OCH3 is 2. The number of carbonyl (C=O) groups excluding carboxylic acids is 3. The van der Waals surface area contributed by atoms with E-state index in [1.807, 2.05) is 24.3 Å². The number of anilines is 1. The van der Waals surface area contributed by atoms with Crippen LogP contribution < -0.4 is 14.4 Å². The first kappa shape index (κ1) is 21.4. The Bertz CT molecular complexity index is 908. The normalized spacial score (nSPS) is 16.0. The summed E-state index contributed by atoms with van der Waals surface area (Å²) in [5, 5.41) is 0. The molecule has 1 fully saturated rings. The lowest BCUT2D eigenvalue weighted by Crippen LogP contribution is -2.46.